The van der Waals surface area contributed by atoms with Crippen molar-refractivity contribution in [2.45, 2.75) is 45.7 Å². The zero-order valence-electron chi connectivity index (χ0n) is 12.4. The molecule has 0 aromatic carbocycles. The molecule has 1 fully saturated rings. The van der Waals surface area contributed by atoms with Gasteiger partial charge in [0, 0.05) is 12.5 Å². The summed E-state index contributed by atoms with van der Waals surface area (Å²) in [6, 6.07) is 0.409. The van der Waals surface area contributed by atoms with Crippen molar-refractivity contribution >= 4 is 28.9 Å². The lowest BCUT2D eigenvalue weighted by Gasteiger charge is -2.11. The van der Waals surface area contributed by atoms with Crippen LogP contribution in [0.2, 0.25) is 0 Å². The summed E-state index contributed by atoms with van der Waals surface area (Å²) in [5.74, 6) is -0.268. The number of hydrogen-bond acceptors (Lipinski definition) is 5. The number of carbonyl (C=O) groups is 1. The van der Waals surface area contributed by atoms with Crippen LogP contribution >= 0.6 is 12.2 Å². The average Bonchev–Trinajstić information content (AvgIpc) is 3.19. The number of nitrogens with one attached hydrogen (secondary N) is 3. The number of rotatable bonds is 5. The molecule has 22 heavy (non-hydrogen) atoms. The van der Waals surface area contributed by atoms with E-state index in [1.54, 1.807) is 13.8 Å². The molecule has 0 saturated heterocycles. The largest absolute Gasteiger partial charge is 0.359 e. The Morgan fingerprint density at radius 2 is 2.14 bits per heavy atom. The standard InChI is InChI=1S/C12H18N6O3S/c1-7-11(18(20)21)8(2)17(16-7)6-5-10(19)14-15-12(22)13-9-3-4-9/h9H,3-6H2,1-2H3,(H,14,19)(H2,13,15,22). The number of amides is 1. The topological polar surface area (TPSA) is 114 Å². The van der Waals surface area contributed by atoms with Gasteiger partial charge in [0.1, 0.15) is 11.4 Å². The van der Waals surface area contributed by atoms with Crippen molar-refractivity contribution in [1.29, 1.82) is 0 Å². The molecule has 1 heterocycles. The SMILES string of the molecule is Cc1nn(CCC(=O)NNC(=S)NC2CC2)c(C)c1[N+](=O)[O-]. The molecule has 1 aromatic rings. The Kier molecular flexibility index (Phi) is 4.91. The van der Waals surface area contributed by atoms with E-state index in [1.165, 1.54) is 4.68 Å². The lowest BCUT2D eigenvalue weighted by Crippen LogP contribution is -2.47. The molecule has 10 heteroatoms. The first kappa shape index (κ1) is 16.1. The molecule has 1 aliphatic carbocycles. The van der Waals surface area contributed by atoms with E-state index in [0.29, 0.717) is 22.5 Å². The predicted molar refractivity (Wildman–Crippen MR) is 83.0 cm³/mol. The van der Waals surface area contributed by atoms with E-state index in [2.05, 4.69) is 21.3 Å². The summed E-state index contributed by atoms with van der Waals surface area (Å²) in [6.07, 6.45) is 2.32. The fourth-order valence-corrected chi connectivity index (χ4v) is 2.23. The van der Waals surface area contributed by atoms with Gasteiger partial charge < -0.3 is 5.32 Å². The summed E-state index contributed by atoms with van der Waals surface area (Å²) in [5, 5.41) is 18.4. The van der Waals surface area contributed by atoms with E-state index >= 15 is 0 Å². The second kappa shape index (κ2) is 6.69. The number of aryl methyl sites for hydroxylation is 2. The van der Waals surface area contributed by atoms with E-state index < -0.39 is 4.92 Å². The van der Waals surface area contributed by atoms with Crippen LogP contribution in [0, 0.1) is 24.0 Å². The molecule has 0 radical (unpaired) electrons. The van der Waals surface area contributed by atoms with Gasteiger partial charge in [0.2, 0.25) is 5.91 Å². The van der Waals surface area contributed by atoms with Gasteiger partial charge in [0.05, 0.1) is 11.5 Å². The van der Waals surface area contributed by atoms with Gasteiger partial charge in [-0.25, -0.2) is 0 Å². The Morgan fingerprint density at radius 1 is 1.45 bits per heavy atom. The minimum Gasteiger partial charge on any atom is -0.359 e. The molecule has 0 aliphatic heterocycles. The van der Waals surface area contributed by atoms with Crippen LogP contribution in [0.1, 0.15) is 30.7 Å². The summed E-state index contributed by atoms with van der Waals surface area (Å²) < 4.78 is 1.47. The van der Waals surface area contributed by atoms with Gasteiger partial charge in [-0.15, -0.1) is 0 Å². The first-order valence-corrected chi connectivity index (χ1v) is 7.33. The van der Waals surface area contributed by atoms with Crippen molar-refractivity contribution in [3.8, 4) is 0 Å². The average molecular weight is 326 g/mol. The minimum atomic E-state index is -0.461. The van der Waals surface area contributed by atoms with Crippen LogP contribution in [-0.2, 0) is 11.3 Å². The Balaban J connectivity index is 1.79. The summed E-state index contributed by atoms with van der Waals surface area (Å²) in [7, 11) is 0. The highest BCUT2D eigenvalue weighted by molar-refractivity contribution is 7.80. The quantitative estimate of drug-likeness (QED) is 0.409. The first-order valence-electron chi connectivity index (χ1n) is 6.92. The Bertz CT molecular complexity index is 610. The molecule has 0 spiro atoms. The van der Waals surface area contributed by atoms with Crippen LogP contribution in [0.15, 0.2) is 0 Å². The number of hydrogen-bond donors (Lipinski definition) is 3. The van der Waals surface area contributed by atoms with E-state index in [1.807, 2.05) is 0 Å². The molecular formula is C12H18N6O3S. The molecule has 9 nitrogen and oxygen atoms in total. The lowest BCUT2D eigenvalue weighted by atomic mass is 10.3. The van der Waals surface area contributed by atoms with Gasteiger partial charge in [-0.3, -0.25) is 30.4 Å². The molecule has 120 valence electrons. The maximum atomic E-state index is 11.7. The van der Waals surface area contributed by atoms with Crippen molar-refractivity contribution < 1.29 is 9.72 Å². The van der Waals surface area contributed by atoms with Crippen LogP contribution in [0.3, 0.4) is 0 Å². The third-order valence-electron chi connectivity index (χ3n) is 3.30. The summed E-state index contributed by atoms with van der Waals surface area (Å²) in [6.45, 7) is 3.45. The number of aromatic nitrogens is 2. The zero-order chi connectivity index (χ0) is 16.3. The highest BCUT2D eigenvalue weighted by Gasteiger charge is 2.23. The maximum absolute atomic E-state index is 11.7. The van der Waals surface area contributed by atoms with Crippen LogP contribution in [0.5, 0.6) is 0 Å². The van der Waals surface area contributed by atoms with Crippen molar-refractivity contribution in [3.63, 3.8) is 0 Å². The second-order valence-corrected chi connectivity index (χ2v) is 5.58. The Hall–Kier alpha value is -2.23. The van der Waals surface area contributed by atoms with Crippen LogP contribution < -0.4 is 16.2 Å². The van der Waals surface area contributed by atoms with Gasteiger partial charge in [-0.2, -0.15) is 5.10 Å². The van der Waals surface area contributed by atoms with Gasteiger partial charge >= 0.3 is 5.69 Å². The van der Waals surface area contributed by atoms with Gasteiger partial charge in [-0.05, 0) is 38.9 Å². The fourth-order valence-electron chi connectivity index (χ4n) is 2.01. The zero-order valence-corrected chi connectivity index (χ0v) is 13.2. The molecule has 1 amide bonds. The maximum Gasteiger partial charge on any atom is 0.312 e. The summed E-state index contributed by atoms with van der Waals surface area (Å²) in [4.78, 5) is 22.2. The first-order chi connectivity index (χ1) is 10.4. The monoisotopic (exact) mass is 326 g/mol. The number of carbonyl (C=O) groups excluding carboxylic acids is 1. The molecular weight excluding hydrogens is 308 g/mol. The van der Waals surface area contributed by atoms with Gasteiger partial charge in [-0.1, -0.05) is 0 Å². The molecule has 1 aromatic heterocycles. The van der Waals surface area contributed by atoms with E-state index in [4.69, 9.17) is 12.2 Å². The number of thiocarbonyl (C=S) groups is 1. The lowest BCUT2D eigenvalue weighted by molar-refractivity contribution is -0.386. The van der Waals surface area contributed by atoms with Crippen molar-refractivity contribution in [2.24, 2.45) is 0 Å². The normalized spacial score (nSPS) is 13.5. The number of nitro groups is 1. The van der Waals surface area contributed by atoms with E-state index in [0.717, 1.165) is 12.8 Å². The summed E-state index contributed by atoms with van der Waals surface area (Å²) in [5.41, 5.74) is 5.88. The Morgan fingerprint density at radius 3 is 2.68 bits per heavy atom. The molecule has 2 rings (SSSR count). The van der Waals surface area contributed by atoms with E-state index in [9.17, 15) is 14.9 Å². The van der Waals surface area contributed by atoms with Gasteiger partial charge in [0.25, 0.3) is 0 Å². The van der Waals surface area contributed by atoms with Crippen LogP contribution in [-0.4, -0.2) is 31.8 Å². The number of nitrogens with zero attached hydrogens (tertiary/aromatic N) is 3. The molecule has 0 bridgehead atoms. The smallest absolute Gasteiger partial charge is 0.312 e. The van der Waals surface area contributed by atoms with Crippen molar-refractivity contribution in [1.82, 2.24) is 25.9 Å². The number of hydrazine groups is 1. The highest BCUT2D eigenvalue weighted by atomic mass is 32.1. The minimum absolute atomic E-state index is 0.00616. The molecule has 1 aliphatic rings. The fraction of sp³-hybridized carbons (Fsp3) is 0.583. The molecule has 3 N–H and O–H groups in total. The van der Waals surface area contributed by atoms with Crippen molar-refractivity contribution in [2.75, 3.05) is 0 Å². The second-order valence-electron chi connectivity index (χ2n) is 5.17. The molecule has 0 atom stereocenters. The van der Waals surface area contributed by atoms with Crippen molar-refractivity contribution in [3.05, 3.63) is 21.5 Å². The molecule has 1 saturated carbocycles. The van der Waals surface area contributed by atoms with Crippen LogP contribution in [0.25, 0.3) is 0 Å². The Labute approximate surface area is 132 Å². The molecule has 0 unspecified atom stereocenters. The third kappa shape index (κ3) is 4.13. The predicted octanol–water partition coefficient (Wildman–Crippen LogP) is 0.456. The van der Waals surface area contributed by atoms with E-state index in [-0.39, 0.29) is 24.6 Å². The summed E-state index contributed by atoms with van der Waals surface area (Å²) >= 11 is 5.01. The van der Waals surface area contributed by atoms with Crippen LogP contribution in [0.4, 0.5) is 5.69 Å². The third-order valence-corrected chi connectivity index (χ3v) is 3.52. The van der Waals surface area contributed by atoms with Gasteiger partial charge in [0.15, 0.2) is 5.11 Å². The highest BCUT2D eigenvalue weighted by Crippen LogP contribution is 2.21.